The summed E-state index contributed by atoms with van der Waals surface area (Å²) in [7, 11) is 2.14. The molecule has 2 heterocycles. The van der Waals surface area contributed by atoms with Crippen molar-refractivity contribution in [2.45, 2.75) is 0 Å². The number of aromatic nitrogens is 1. The first-order chi connectivity index (χ1) is 11.6. The Morgan fingerprint density at radius 2 is 1.88 bits per heavy atom. The minimum Gasteiger partial charge on any atom is -0.478 e. The lowest BCUT2D eigenvalue weighted by atomic mass is 10.1. The lowest BCUT2D eigenvalue weighted by Crippen LogP contribution is -2.44. The van der Waals surface area contributed by atoms with Gasteiger partial charge in [-0.3, -0.25) is 0 Å². The van der Waals surface area contributed by atoms with Gasteiger partial charge in [0.2, 0.25) is 0 Å². The zero-order valence-electron chi connectivity index (χ0n) is 13.7. The molecule has 0 aliphatic carbocycles. The maximum Gasteiger partial charge on any atom is 0.328 e. The highest BCUT2D eigenvalue weighted by Gasteiger charge is 2.15. The van der Waals surface area contributed by atoms with Crippen molar-refractivity contribution in [1.29, 1.82) is 0 Å². The van der Waals surface area contributed by atoms with E-state index in [2.05, 4.69) is 16.8 Å². The molecule has 5 nitrogen and oxygen atoms in total. The Kier molecular flexibility index (Phi) is 4.91. The van der Waals surface area contributed by atoms with Crippen LogP contribution in [0.25, 0.3) is 17.3 Å². The highest BCUT2D eigenvalue weighted by atomic mass is 16.4. The Bertz CT molecular complexity index is 750. The molecule has 5 heteroatoms. The summed E-state index contributed by atoms with van der Waals surface area (Å²) in [6, 6.07) is 13.8. The standard InChI is InChI=1S/C19H21N3O2/c1-21-10-12-22(13-11-21)18-7-3-6-17(20-18)16-5-2-4-15(14-16)8-9-19(23)24/h2-9,14H,10-13H2,1H3,(H,23,24)/b9-8+. The van der Waals surface area contributed by atoms with Gasteiger partial charge in [0.25, 0.3) is 0 Å². The van der Waals surface area contributed by atoms with Gasteiger partial charge in [0.1, 0.15) is 5.82 Å². The Balaban J connectivity index is 1.83. The summed E-state index contributed by atoms with van der Waals surface area (Å²) in [5.74, 6) is 0.0441. The number of hydrogen-bond acceptors (Lipinski definition) is 4. The quantitative estimate of drug-likeness (QED) is 0.877. The Labute approximate surface area is 141 Å². The van der Waals surface area contributed by atoms with Crippen LogP contribution in [0.15, 0.2) is 48.5 Å². The smallest absolute Gasteiger partial charge is 0.328 e. The summed E-state index contributed by atoms with van der Waals surface area (Å²) in [5.41, 5.74) is 2.73. The number of rotatable bonds is 4. The number of piperazine rings is 1. The van der Waals surface area contributed by atoms with E-state index in [0.29, 0.717) is 0 Å². The Morgan fingerprint density at radius 1 is 1.12 bits per heavy atom. The average Bonchev–Trinajstić information content (AvgIpc) is 2.61. The second kappa shape index (κ2) is 7.27. The minimum absolute atomic E-state index is 0.849. The van der Waals surface area contributed by atoms with Gasteiger partial charge in [-0.25, -0.2) is 9.78 Å². The molecule has 1 fully saturated rings. The second-order valence-electron chi connectivity index (χ2n) is 5.97. The van der Waals surface area contributed by atoms with Gasteiger partial charge < -0.3 is 14.9 Å². The number of likely N-dealkylation sites (N-methyl/N-ethyl adjacent to an activating group) is 1. The molecule has 1 aromatic carbocycles. The zero-order valence-corrected chi connectivity index (χ0v) is 13.7. The van der Waals surface area contributed by atoms with Crippen LogP contribution in [0.2, 0.25) is 0 Å². The van der Waals surface area contributed by atoms with E-state index in [-0.39, 0.29) is 0 Å². The molecule has 0 spiro atoms. The maximum atomic E-state index is 10.7. The molecule has 0 unspecified atom stereocenters. The number of anilines is 1. The normalized spacial score (nSPS) is 15.8. The molecule has 124 valence electrons. The van der Waals surface area contributed by atoms with Crippen LogP contribution in [0.3, 0.4) is 0 Å². The largest absolute Gasteiger partial charge is 0.478 e. The van der Waals surface area contributed by atoms with Crippen molar-refractivity contribution >= 4 is 17.9 Å². The monoisotopic (exact) mass is 323 g/mol. The third-order valence-corrected chi connectivity index (χ3v) is 4.16. The average molecular weight is 323 g/mol. The molecule has 0 radical (unpaired) electrons. The molecule has 3 rings (SSSR count). The molecule has 0 bridgehead atoms. The molecular formula is C19H21N3O2. The fourth-order valence-electron chi connectivity index (χ4n) is 2.76. The summed E-state index contributed by atoms with van der Waals surface area (Å²) < 4.78 is 0. The number of carbonyl (C=O) groups is 1. The van der Waals surface area contributed by atoms with E-state index in [1.165, 1.54) is 0 Å². The van der Waals surface area contributed by atoms with Gasteiger partial charge in [-0.05, 0) is 36.9 Å². The van der Waals surface area contributed by atoms with Crippen LogP contribution in [-0.2, 0) is 4.79 Å². The van der Waals surface area contributed by atoms with Gasteiger partial charge in [-0.15, -0.1) is 0 Å². The van der Waals surface area contributed by atoms with E-state index in [1.807, 2.05) is 42.5 Å². The van der Waals surface area contributed by atoms with Crippen molar-refractivity contribution in [3.8, 4) is 11.3 Å². The van der Waals surface area contributed by atoms with Crippen molar-refractivity contribution < 1.29 is 9.90 Å². The van der Waals surface area contributed by atoms with E-state index in [9.17, 15) is 4.79 Å². The molecule has 0 atom stereocenters. The molecule has 1 aromatic heterocycles. The topological polar surface area (TPSA) is 56.7 Å². The maximum absolute atomic E-state index is 10.7. The molecule has 24 heavy (non-hydrogen) atoms. The van der Waals surface area contributed by atoms with Gasteiger partial charge in [-0.2, -0.15) is 0 Å². The molecular weight excluding hydrogens is 302 g/mol. The highest BCUT2D eigenvalue weighted by Crippen LogP contribution is 2.22. The van der Waals surface area contributed by atoms with E-state index >= 15 is 0 Å². The molecule has 1 aliphatic heterocycles. The lowest BCUT2D eigenvalue weighted by molar-refractivity contribution is -0.131. The van der Waals surface area contributed by atoms with Gasteiger partial charge in [-0.1, -0.05) is 24.3 Å². The summed E-state index contributed by atoms with van der Waals surface area (Å²) in [5, 5.41) is 8.75. The van der Waals surface area contributed by atoms with Gasteiger partial charge in [0.05, 0.1) is 5.69 Å². The summed E-state index contributed by atoms with van der Waals surface area (Å²) in [4.78, 5) is 20.1. The first-order valence-electron chi connectivity index (χ1n) is 8.04. The van der Waals surface area contributed by atoms with Crippen LogP contribution in [0, 0.1) is 0 Å². The fourth-order valence-corrected chi connectivity index (χ4v) is 2.76. The van der Waals surface area contributed by atoms with Gasteiger partial charge in [0.15, 0.2) is 0 Å². The molecule has 1 N–H and O–H groups in total. The molecule has 0 saturated carbocycles. The number of carboxylic acid groups (broad SMARTS) is 1. The first kappa shape index (κ1) is 16.2. The van der Waals surface area contributed by atoms with Crippen LogP contribution in [0.4, 0.5) is 5.82 Å². The zero-order chi connectivity index (χ0) is 16.9. The van der Waals surface area contributed by atoms with Crippen molar-refractivity contribution in [2.75, 3.05) is 38.1 Å². The molecule has 1 saturated heterocycles. The van der Waals surface area contributed by atoms with Crippen LogP contribution < -0.4 is 4.90 Å². The minimum atomic E-state index is -0.949. The highest BCUT2D eigenvalue weighted by molar-refractivity contribution is 5.85. The summed E-state index contributed by atoms with van der Waals surface area (Å²) in [6.45, 7) is 4.05. The van der Waals surface area contributed by atoms with E-state index < -0.39 is 5.97 Å². The van der Waals surface area contributed by atoms with Crippen LogP contribution in [0.5, 0.6) is 0 Å². The van der Waals surface area contributed by atoms with Crippen molar-refractivity contribution in [1.82, 2.24) is 9.88 Å². The number of aliphatic carboxylic acids is 1. The SMILES string of the molecule is CN1CCN(c2cccc(-c3cccc(/C=C/C(=O)O)c3)n2)CC1. The Morgan fingerprint density at radius 3 is 2.62 bits per heavy atom. The fraction of sp³-hybridized carbons (Fsp3) is 0.263. The Hall–Kier alpha value is -2.66. The van der Waals surface area contributed by atoms with E-state index in [4.69, 9.17) is 10.1 Å². The molecule has 0 amide bonds. The van der Waals surface area contributed by atoms with Crippen molar-refractivity contribution in [2.24, 2.45) is 0 Å². The number of nitrogens with zero attached hydrogens (tertiary/aromatic N) is 3. The van der Waals surface area contributed by atoms with Crippen LogP contribution in [-0.4, -0.2) is 54.2 Å². The van der Waals surface area contributed by atoms with Gasteiger partial charge in [0, 0.05) is 37.8 Å². The third kappa shape index (κ3) is 4.00. The van der Waals surface area contributed by atoms with Crippen LogP contribution >= 0.6 is 0 Å². The lowest BCUT2D eigenvalue weighted by Gasteiger charge is -2.33. The number of carboxylic acids is 1. The molecule has 1 aliphatic rings. The van der Waals surface area contributed by atoms with E-state index in [1.54, 1.807) is 6.08 Å². The number of pyridine rings is 1. The van der Waals surface area contributed by atoms with Gasteiger partial charge >= 0.3 is 5.97 Å². The van der Waals surface area contributed by atoms with Crippen LogP contribution in [0.1, 0.15) is 5.56 Å². The summed E-state index contributed by atoms with van der Waals surface area (Å²) >= 11 is 0. The second-order valence-corrected chi connectivity index (χ2v) is 5.97. The predicted octanol–water partition coefficient (Wildman–Crippen LogP) is 2.60. The van der Waals surface area contributed by atoms with Crippen molar-refractivity contribution in [3.05, 3.63) is 54.1 Å². The van der Waals surface area contributed by atoms with E-state index in [0.717, 1.165) is 54.9 Å². The molecule has 2 aromatic rings. The number of hydrogen-bond donors (Lipinski definition) is 1. The van der Waals surface area contributed by atoms with Crippen molar-refractivity contribution in [3.63, 3.8) is 0 Å². The summed E-state index contributed by atoms with van der Waals surface area (Å²) in [6.07, 6.45) is 2.74. The number of benzene rings is 1. The first-order valence-corrected chi connectivity index (χ1v) is 8.04. The predicted molar refractivity (Wildman–Crippen MR) is 96.1 cm³/mol. The third-order valence-electron chi connectivity index (χ3n) is 4.16.